The first-order valence-electron chi connectivity index (χ1n) is 16.9. The van der Waals surface area contributed by atoms with Gasteiger partial charge < -0.3 is 10.5 Å². The Morgan fingerprint density at radius 1 is 0.710 bits per heavy atom. The lowest BCUT2D eigenvalue weighted by atomic mass is 10.2. The van der Waals surface area contributed by atoms with Crippen molar-refractivity contribution in [2.24, 2.45) is 10.8 Å². The molecule has 0 radical (unpaired) electrons. The lowest BCUT2D eigenvalue weighted by molar-refractivity contribution is -0.133. The van der Waals surface area contributed by atoms with Crippen LogP contribution in [0.25, 0.3) is 10.4 Å². The summed E-state index contributed by atoms with van der Waals surface area (Å²) >= 11 is 5.26. The summed E-state index contributed by atoms with van der Waals surface area (Å²) in [5, 5.41) is 17.3. The summed E-state index contributed by atoms with van der Waals surface area (Å²) < 4.78 is 110. The molecular weight excluding hydrogens is 860 g/mol. The number of carbonyl (C=O) groups is 3. The molecule has 2 N–H and O–H groups in total. The highest BCUT2D eigenvalue weighted by atomic mass is 35.5. The van der Waals surface area contributed by atoms with Crippen molar-refractivity contribution in [2.45, 2.75) is 32.4 Å². The van der Waals surface area contributed by atoms with Gasteiger partial charge in [0.15, 0.2) is 11.5 Å². The molecule has 62 heavy (non-hydrogen) atoms. The monoisotopic (exact) mass is 890 g/mol. The van der Waals surface area contributed by atoms with Crippen LogP contribution in [0.15, 0.2) is 90.3 Å². The third-order valence-electron chi connectivity index (χ3n) is 7.31. The molecule has 0 aliphatic carbocycles. The Hall–Kier alpha value is -7.63. The normalized spacial score (nSPS) is 9.71. The van der Waals surface area contributed by atoms with Gasteiger partial charge in [0.1, 0.15) is 52.2 Å². The predicted molar refractivity (Wildman–Crippen MR) is 205 cm³/mol. The number of carbonyl (C=O) groups excluding carboxylic acids is 3. The Bertz CT molecular complexity index is 2380. The first-order valence-corrected chi connectivity index (χ1v) is 17.4. The van der Waals surface area contributed by atoms with Crippen LogP contribution in [0.1, 0.15) is 50.2 Å². The lowest BCUT2D eigenvalue weighted by Crippen LogP contribution is -2.11. The number of terminal acetylenes is 1. The lowest BCUT2D eigenvalue weighted by Gasteiger charge is -2.03. The molecule has 2 heterocycles. The van der Waals surface area contributed by atoms with Crippen molar-refractivity contribution in [2.75, 3.05) is 7.11 Å². The Kier molecular flexibility index (Phi) is 21.0. The number of Topliss-reactive ketones (excluding diaryl/α,β-unsaturated/α-hetero) is 1. The fourth-order valence-electron chi connectivity index (χ4n) is 4.22. The summed E-state index contributed by atoms with van der Waals surface area (Å²) in [6.07, 6.45) is 7.14. The second-order valence-corrected chi connectivity index (χ2v) is 11.7. The van der Waals surface area contributed by atoms with Gasteiger partial charge in [0.05, 0.1) is 45.0 Å². The number of ketones is 1. The van der Waals surface area contributed by atoms with Crippen molar-refractivity contribution in [3.63, 3.8) is 0 Å². The zero-order valence-electron chi connectivity index (χ0n) is 32.1. The predicted octanol–water partition coefficient (Wildman–Crippen LogP) is 7.78. The van der Waals surface area contributed by atoms with Crippen LogP contribution in [-0.2, 0) is 35.0 Å². The van der Waals surface area contributed by atoms with Crippen LogP contribution >= 0.6 is 11.6 Å². The first kappa shape index (κ1) is 50.5. The number of halogens is 9. The smallest absolute Gasteiger partial charge is 0.383 e. The molecule has 0 fully saturated rings. The van der Waals surface area contributed by atoms with E-state index in [0.29, 0.717) is 0 Å². The number of nitrogens with zero attached hydrogens (tertiary/aromatic N) is 9. The number of azide groups is 1. The van der Waals surface area contributed by atoms with E-state index in [1.807, 2.05) is 0 Å². The topological polar surface area (TPSA) is 197 Å². The van der Waals surface area contributed by atoms with E-state index in [2.05, 4.69) is 41.8 Å². The van der Waals surface area contributed by atoms with Gasteiger partial charge >= 0.3 is 5.97 Å². The quantitative estimate of drug-likeness (QED) is 0.0175. The van der Waals surface area contributed by atoms with Gasteiger partial charge in [0, 0.05) is 40.0 Å². The van der Waals surface area contributed by atoms with Gasteiger partial charge in [-0.2, -0.15) is 0 Å². The van der Waals surface area contributed by atoms with Crippen LogP contribution in [-0.4, -0.2) is 54.8 Å². The number of aromatic nitrogens is 6. The van der Waals surface area contributed by atoms with Crippen LogP contribution in [0.2, 0.25) is 0 Å². The number of hydrogen-bond acceptors (Lipinski definition) is 9. The van der Waals surface area contributed by atoms with E-state index in [1.165, 1.54) is 79.6 Å². The molecule has 6 aromatic rings. The van der Waals surface area contributed by atoms with E-state index in [-0.39, 0.29) is 64.9 Å². The minimum atomic E-state index is -0.745. The van der Waals surface area contributed by atoms with E-state index >= 15 is 0 Å². The van der Waals surface area contributed by atoms with Crippen LogP contribution < -0.4 is 5.73 Å². The van der Waals surface area contributed by atoms with Crippen molar-refractivity contribution in [1.29, 1.82) is 0 Å². The average Bonchev–Trinajstić information content (AvgIpc) is 3.92. The summed E-state index contributed by atoms with van der Waals surface area (Å²) in [7, 11) is 1.24. The third-order valence-corrected chi connectivity index (χ3v) is 7.57. The number of rotatable bonds is 9. The highest BCUT2D eigenvalue weighted by Gasteiger charge is 2.13. The molecule has 1 amide bonds. The molecule has 0 unspecified atom stereocenters. The van der Waals surface area contributed by atoms with Crippen LogP contribution in [0.3, 0.4) is 0 Å². The Morgan fingerprint density at radius 3 is 1.32 bits per heavy atom. The van der Waals surface area contributed by atoms with E-state index in [0.717, 1.165) is 28.9 Å². The minimum Gasteiger partial charge on any atom is -0.459 e. The number of hydrogen-bond donors (Lipinski definition) is 1. The maximum Gasteiger partial charge on any atom is 0.383 e. The SMILES string of the molecule is C#CC(=O)OC.CC(=O)c1cn(Cc2c(F)cccc2F)nn1.Fc1cccc(F)c1CCl.NC(=O)c1cn(Cc2c(F)cccc2F)nn1.[N-]=[N+]=NCc1c(F)cccc1F. The minimum absolute atomic E-state index is 0.0539. The molecule has 0 aliphatic rings. The highest BCUT2D eigenvalue weighted by molar-refractivity contribution is 6.17. The molecule has 0 spiro atoms. The van der Waals surface area contributed by atoms with Crippen molar-refractivity contribution >= 4 is 29.3 Å². The molecule has 2 aromatic heterocycles. The number of alkyl halides is 1. The summed E-state index contributed by atoms with van der Waals surface area (Å²) in [6.45, 7) is 0.796. The van der Waals surface area contributed by atoms with Crippen molar-refractivity contribution in [1.82, 2.24) is 30.0 Å². The molecule has 4 aromatic carbocycles. The molecular formula is C39H31ClF8N10O4. The Labute approximate surface area is 351 Å². The fourth-order valence-corrected chi connectivity index (χ4v) is 4.48. The molecule has 23 heteroatoms. The second-order valence-electron chi connectivity index (χ2n) is 11.5. The van der Waals surface area contributed by atoms with Crippen molar-refractivity contribution < 1.29 is 54.2 Å². The maximum atomic E-state index is 13.3. The standard InChI is InChI=1S/C11H9F2N3O.C10H8F2N4O.C7H5ClF2.C7H5F2N3.C4H4O2/c1-7(17)11-6-16(15-14-11)5-8-9(12)3-2-4-10(8)13;11-7-2-1-3-8(12)6(7)4-16-5-9(10(13)17)14-15-16;8-4-5-6(9)2-1-3-7(5)10;8-6-2-1-3-7(9)5(6)4-11-12-10;1-3-4(5)6-2/h2-4,6H,5H2,1H3;1-3,5H,4H2,(H2,13,17);1-3H,4H2;1-3H,4H2;1H,2H3. The zero-order valence-corrected chi connectivity index (χ0v) is 32.9. The summed E-state index contributed by atoms with van der Waals surface area (Å²) in [6, 6.07) is 14.3. The number of methoxy groups -OCH3 is 1. The van der Waals surface area contributed by atoms with E-state index in [9.17, 15) is 49.5 Å². The first-order chi connectivity index (χ1) is 29.5. The number of ether oxygens (including phenoxy) is 1. The van der Waals surface area contributed by atoms with Gasteiger partial charge in [-0.1, -0.05) is 39.8 Å². The largest absolute Gasteiger partial charge is 0.459 e. The van der Waals surface area contributed by atoms with Gasteiger partial charge in [0.25, 0.3) is 5.91 Å². The second kappa shape index (κ2) is 25.8. The average molecular weight is 891 g/mol. The van der Waals surface area contributed by atoms with Crippen LogP contribution in [0.4, 0.5) is 35.1 Å². The Morgan fingerprint density at radius 2 is 1.06 bits per heavy atom. The number of esters is 1. The van der Waals surface area contributed by atoms with Gasteiger partial charge in [-0.05, 0) is 54.1 Å². The van der Waals surface area contributed by atoms with E-state index in [1.54, 1.807) is 5.92 Å². The fraction of sp³-hybridized carbons (Fsp3) is 0.154. The van der Waals surface area contributed by atoms with Crippen molar-refractivity contribution in [3.05, 3.63) is 176 Å². The van der Waals surface area contributed by atoms with Crippen LogP contribution in [0, 0.1) is 58.9 Å². The number of nitrogens with two attached hydrogens (primary N) is 1. The molecule has 0 bridgehead atoms. The molecule has 324 valence electrons. The zero-order chi connectivity index (χ0) is 46.4. The molecule has 0 saturated heterocycles. The van der Waals surface area contributed by atoms with Gasteiger partial charge in [-0.3, -0.25) is 9.59 Å². The van der Waals surface area contributed by atoms with Crippen LogP contribution in [0.5, 0.6) is 0 Å². The number of benzene rings is 4. The molecule has 0 atom stereocenters. The maximum absolute atomic E-state index is 13.3. The van der Waals surface area contributed by atoms with Gasteiger partial charge in [-0.25, -0.2) is 49.3 Å². The van der Waals surface area contributed by atoms with Gasteiger partial charge in [-0.15, -0.1) is 28.2 Å². The van der Waals surface area contributed by atoms with Crippen molar-refractivity contribution in [3.8, 4) is 12.3 Å². The van der Waals surface area contributed by atoms with E-state index in [4.69, 9.17) is 22.9 Å². The number of amides is 1. The molecule has 0 saturated carbocycles. The molecule has 0 aliphatic heterocycles. The highest BCUT2D eigenvalue weighted by Crippen LogP contribution is 2.16. The third kappa shape index (κ3) is 16.2. The van der Waals surface area contributed by atoms with E-state index < -0.39 is 58.4 Å². The summed E-state index contributed by atoms with van der Waals surface area (Å²) in [4.78, 5) is 33.9. The Balaban J connectivity index is 0.000000278. The molecule has 14 nitrogen and oxygen atoms in total. The molecule has 6 rings (SSSR count). The summed E-state index contributed by atoms with van der Waals surface area (Å²) in [5.41, 5.74) is 12.5. The number of primary amides is 1. The van der Waals surface area contributed by atoms with Gasteiger partial charge in [0.2, 0.25) is 0 Å². The summed E-state index contributed by atoms with van der Waals surface area (Å²) in [5.74, 6) is -5.21.